The van der Waals surface area contributed by atoms with Gasteiger partial charge in [0.15, 0.2) is 5.82 Å². The van der Waals surface area contributed by atoms with E-state index >= 15 is 0 Å². The second-order valence-corrected chi connectivity index (χ2v) is 5.91. The lowest BCUT2D eigenvalue weighted by Crippen LogP contribution is -2.23. The summed E-state index contributed by atoms with van der Waals surface area (Å²) < 4.78 is 11.6. The molecule has 0 saturated heterocycles. The van der Waals surface area contributed by atoms with Gasteiger partial charge in [0.2, 0.25) is 0 Å². The number of aromatic nitrogens is 5. The van der Waals surface area contributed by atoms with E-state index in [1.165, 1.54) is 16.0 Å². The van der Waals surface area contributed by atoms with Gasteiger partial charge in [-0.2, -0.15) is 10.1 Å². The minimum Gasteiger partial charge on any atom is -0.442 e. The van der Waals surface area contributed by atoms with E-state index < -0.39 is 0 Å². The summed E-state index contributed by atoms with van der Waals surface area (Å²) in [5, 5.41) is 10.3. The molecule has 8 nitrogen and oxygen atoms in total. The first kappa shape index (κ1) is 15.3. The Kier molecular flexibility index (Phi) is 3.95. The van der Waals surface area contributed by atoms with Gasteiger partial charge in [0, 0.05) is 12.4 Å². The van der Waals surface area contributed by atoms with Crippen LogP contribution in [0.1, 0.15) is 22.8 Å². The first-order valence-electron chi connectivity index (χ1n) is 6.88. The number of nitrogens with zero attached hydrogens (tertiary/aromatic N) is 5. The molecule has 0 atom stereocenters. The van der Waals surface area contributed by atoms with Gasteiger partial charge in [0.05, 0.1) is 17.0 Å². The van der Waals surface area contributed by atoms with Crippen molar-refractivity contribution in [1.29, 1.82) is 0 Å². The van der Waals surface area contributed by atoms with Crippen molar-refractivity contribution in [3.8, 4) is 16.6 Å². The average Bonchev–Trinajstić information content (AvgIpc) is 3.13. The highest BCUT2D eigenvalue weighted by atomic mass is 32.1. The standard InChI is InChI=1S/C14H15N5O3S/c1-7-8(2)17-19(4)13(20)11(7)12-16-10(6-23-12)5-21-14-15-9(3)18-22-14/h6H,5H2,1-4H3. The number of aryl methyl sites for hydroxylation is 3. The minimum absolute atomic E-state index is 0.101. The van der Waals surface area contributed by atoms with Gasteiger partial charge in [-0.05, 0) is 26.3 Å². The monoisotopic (exact) mass is 333 g/mol. The molecular weight excluding hydrogens is 318 g/mol. The van der Waals surface area contributed by atoms with Crippen molar-refractivity contribution in [3.63, 3.8) is 0 Å². The molecule has 0 saturated carbocycles. The van der Waals surface area contributed by atoms with Crippen LogP contribution in [0.4, 0.5) is 0 Å². The van der Waals surface area contributed by atoms with Crippen LogP contribution in [0.25, 0.3) is 10.6 Å². The van der Waals surface area contributed by atoms with E-state index in [0.717, 1.165) is 11.3 Å². The second-order valence-electron chi connectivity index (χ2n) is 5.05. The summed E-state index contributed by atoms with van der Waals surface area (Å²) >= 11 is 1.39. The summed E-state index contributed by atoms with van der Waals surface area (Å²) in [6, 6.07) is 0. The zero-order valence-electron chi connectivity index (χ0n) is 13.2. The third-order valence-corrected chi connectivity index (χ3v) is 4.25. The van der Waals surface area contributed by atoms with Crippen molar-refractivity contribution >= 4 is 11.3 Å². The molecule has 0 bridgehead atoms. The maximum Gasteiger partial charge on any atom is 0.417 e. The topological polar surface area (TPSA) is 95.9 Å². The Bertz CT molecular complexity index is 912. The molecule has 0 aromatic carbocycles. The van der Waals surface area contributed by atoms with Crippen molar-refractivity contribution in [2.75, 3.05) is 0 Å². The molecule has 0 spiro atoms. The Morgan fingerprint density at radius 3 is 2.78 bits per heavy atom. The highest BCUT2D eigenvalue weighted by Crippen LogP contribution is 2.25. The van der Waals surface area contributed by atoms with Crippen LogP contribution in [-0.4, -0.2) is 24.9 Å². The Labute approximate surface area is 135 Å². The highest BCUT2D eigenvalue weighted by molar-refractivity contribution is 7.13. The van der Waals surface area contributed by atoms with Gasteiger partial charge in [-0.1, -0.05) is 5.16 Å². The van der Waals surface area contributed by atoms with E-state index in [1.807, 2.05) is 19.2 Å². The molecule has 0 fully saturated rings. The zero-order valence-corrected chi connectivity index (χ0v) is 14.0. The number of thiazole rings is 1. The normalized spacial score (nSPS) is 11.0. The van der Waals surface area contributed by atoms with Crippen LogP contribution in [0.15, 0.2) is 14.7 Å². The number of ether oxygens (including phenoxy) is 1. The Hall–Kier alpha value is -2.55. The quantitative estimate of drug-likeness (QED) is 0.718. The number of hydrogen-bond acceptors (Lipinski definition) is 8. The predicted molar refractivity (Wildman–Crippen MR) is 83.4 cm³/mol. The Morgan fingerprint density at radius 1 is 1.30 bits per heavy atom. The Balaban J connectivity index is 1.86. The van der Waals surface area contributed by atoms with Crippen LogP contribution >= 0.6 is 11.3 Å². The number of rotatable bonds is 4. The van der Waals surface area contributed by atoms with Gasteiger partial charge in [0.25, 0.3) is 5.56 Å². The van der Waals surface area contributed by atoms with Crippen LogP contribution in [0.3, 0.4) is 0 Å². The smallest absolute Gasteiger partial charge is 0.417 e. The summed E-state index contributed by atoms with van der Waals surface area (Å²) in [6.45, 7) is 5.65. The summed E-state index contributed by atoms with van der Waals surface area (Å²) in [7, 11) is 1.63. The summed E-state index contributed by atoms with van der Waals surface area (Å²) in [4.78, 5) is 20.8. The molecule has 0 aliphatic rings. The first-order chi connectivity index (χ1) is 11.0. The lowest BCUT2D eigenvalue weighted by atomic mass is 10.1. The van der Waals surface area contributed by atoms with Crippen molar-refractivity contribution in [2.24, 2.45) is 7.05 Å². The summed E-state index contributed by atoms with van der Waals surface area (Å²) in [5.41, 5.74) is 2.74. The van der Waals surface area contributed by atoms with Crippen molar-refractivity contribution in [2.45, 2.75) is 27.4 Å². The van der Waals surface area contributed by atoms with E-state index in [-0.39, 0.29) is 18.2 Å². The average molecular weight is 333 g/mol. The van der Waals surface area contributed by atoms with E-state index in [4.69, 9.17) is 9.26 Å². The second kappa shape index (κ2) is 5.92. The lowest BCUT2D eigenvalue weighted by Gasteiger charge is -2.07. The molecule has 0 radical (unpaired) electrons. The minimum atomic E-state index is -0.164. The van der Waals surface area contributed by atoms with E-state index in [1.54, 1.807) is 14.0 Å². The fourth-order valence-electron chi connectivity index (χ4n) is 2.06. The largest absolute Gasteiger partial charge is 0.442 e. The van der Waals surface area contributed by atoms with Crippen molar-refractivity contribution in [3.05, 3.63) is 38.5 Å². The number of hydrogen-bond donors (Lipinski definition) is 0. The summed E-state index contributed by atoms with van der Waals surface area (Å²) in [5.74, 6) is 0.505. The van der Waals surface area contributed by atoms with Gasteiger partial charge in [0.1, 0.15) is 11.6 Å². The molecule has 120 valence electrons. The predicted octanol–water partition coefficient (Wildman–Crippen LogP) is 1.79. The molecule has 0 unspecified atom stereocenters. The molecule has 3 aromatic rings. The fourth-order valence-corrected chi connectivity index (χ4v) is 2.96. The lowest BCUT2D eigenvalue weighted by molar-refractivity contribution is 0.193. The molecule has 9 heteroatoms. The fraction of sp³-hybridized carbons (Fsp3) is 0.357. The molecule has 3 rings (SSSR count). The molecular formula is C14H15N5O3S. The first-order valence-corrected chi connectivity index (χ1v) is 7.76. The SMILES string of the molecule is Cc1noc(OCc2csc(-c3c(C)c(C)nn(C)c3=O)n2)n1. The third-order valence-electron chi connectivity index (χ3n) is 3.34. The van der Waals surface area contributed by atoms with Gasteiger partial charge in [-0.15, -0.1) is 11.3 Å². The molecule has 0 N–H and O–H groups in total. The van der Waals surface area contributed by atoms with Crippen LogP contribution in [0.2, 0.25) is 0 Å². The summed E-state index contributed by atoms with van der Waals surface area (Å²) in [6.07, 6.45) is 0.101. The Morgan fingerprint density at radius 2 is 2.09 bits per heavy atom. The third kappa shape index (κ3) is 3.00. The molecule has 3 aromatic heterocycles. The molecule has 0 aliphatic heterocycles. The van der Waals surface area contributed by atoms with E-state index in [0.29, 0.717) is 22.1 Å². The molecule has 0 aliphatic carbocycles. The van der Waals surface area contributed by atoms with Gasteiger partial charge >= 0.3 is 6.08 Å². The van der Waals surface area contributed by atoms with Gasteiger partial charge < -0.3 is 4.74 Å². The van der Waals surface area contributed by atoms with Crippen LogP contribution in [0, 0.1) is 20.8 Å². The van der Waals surface area contributed by atoms with Crippen LogP contribution < -0.4 is 10.3 Å². The molecule has 23 heavy (non-hydrogen) atoms. The maximum atomic E-state index is 12.3. The van der Waals surface area contributed by atoms with Crippen LogP contribution in [-0.2, 0) is 13.7 Å². The zero-order chi connectivity index (χ0) is 16.6. The van der Waals surface area contributed by atoms with Gasteiger partial charge in [-0.3, -0.25) is 9.32 Å². The van der Waals surface area contributed by atoms with Crippen LogP contribution in [0.5, 0.6) is 6.08 Å². The molecule has 3 heterocycles. The maximum absolute atomic E-state index is 12.3. The molecule has 0 amide bonds. The van der Waals surface area contributed by atoms with Gasteiger partial charge in [-0.25, -0.2) is 9.67 Å². The van der Waals surface area contributed by atoms with Crippen molar-refractivity contribution < 1.29 is 9.26 Å². The van der Waals surface area contributed by atoms with Crippen molar-refractivity contribution in [1.82, 2.24) is 24.9 Å². The highest BCUT2D eigenvalue weighted by Gasteiger charge is 2.16. The van der Waals surface area contributed by atoms with E-state index in [9.17, 15) is 4.79 Å². The van der Waals surface area contributed by atoms with E-state index in [2.05, 4.69) is 20.2 Å².